The van der Waals surface area contributed by atoms with Crippen molar-refractivity contribution >= 4 is 38.1 Å². The zero-order chi connectivity index (χ0) is 21.6. The summed E-state index contributed by atoms with van der Waals surface area (Å²) in [6.07, 6.45) is 2.92. The normalized spacial score (nSPS) is 13.7. The van der Waals surface area contributed by atoms with Crippen LogP contribution in [-0.2, 0) is 21.4 Å². The van der Waals surface area contributed by atoms with Gasteiger partial charge in [0.2, 0.25) is 5.91 Å². The van der Waals surface area contributed by atoms with Gasteiger partial charge in [0.1, 0.15) is 0 Å². The van der Waals surface area contributed by atoms with Crippen LogP contribution in [0.2, 0.25) is 0 Å². The Bertz CT molecular complexity index is 1090. The van der Waals surface area contributed by atoms with Crippen LogP contribution in [0.1, 0.15) is 25.4 Å². The van der Waals surface area contributed by atoms with Crippen molar-refractivity contribution in [1.29, 1.82) is 0 Å². The molecule has 1 aliphatic rings. The minimum atomic E-state index is -3.64. The van der Waals surface area contributed by atoms with E-state index in [0.29, 0.717) is 24.6 Å². The highest BCUT2D eigenvalue weighted by Crippen LogP contribution is 2.24. The van der Waals surface area contributed by atoms with Crippen molar-refractivity contribution < 1.29 is 14.6 Å². The van der Waals surface area contributed by atoms with Gasteiger partial charge >= 0.3 is 0 Å². The van der Waals surface area contributed by atoms with Gasteiger partial charge in [0.05, 0.1) is 4.90 Å². The molecule has 9 heteroatoms. The van der Waals surface area contributed by atoms with Gasteiger partial charge in [-0.25, -0.2) is 13.4 Å². The molecule has 160 valence electrons. The van der Waals surface area contributed by atoms with Crippen molar-refractivity contribution in [1.82, 2.24) is 4.98 Å². The summed E-state index contributed by atoms with van der Waals surface area (Å²) in [5.74, 6) is 0.0755. The molecule has 1 fully saturated rings. The van der Waals surface area contributed by atoms with Gasteiger partial charge in [-0.05, 0) is 43.2 Å². The number of thiazole rings is 1. The zero-order valence-corrected chi connectivity index (χ0v) is 18.2. The van der Waals surface area contributed by atoms with Crippen LogP contribution < -0.4 is 15.4 Å². The smallest absolute Gasteiger partial charge is 0.263 e. The molecule has 2 aromatic carbocycles. The SMILES string of the molecule is Cc1cccc(CN)c1.O=C1CCCN1c1ccc(S(=O)(=O)Nc2nccs2)cc1.[HH]. The second-order valence-electron chi connectivity index (χ2n) is 6.78. The lowest BCUT2D eigenvalue weighted by Crippen LogP contribution is -2.23. The lowest BCUT2D eigenvalue weighted by Gasteiger charge is -2.16. The molecule has 30 heavy (non-hydrogen) atoms. The molecular formula is C21H26N4O3S2. The van der Waals surface area contributed by atoms with Crippen molar-refractivity contribution in [3.63, 3.8) is 0 Å². The number of rotatable bonds is 5. The van der Waals surface area contributed by atoms with Crippen LogP contribution in [0, 0.1) is 6.92 Å². The molecule has 7 nitrogen and oxygen atoms in total. The van der Waals surface area contributed by atoms with Crippen LogP contribution in [0.3, 0.4) is 0 Å². The number of carbonyl (C=O) groups is 1. The van der Waals surface area contributed by atoms with Gasteiger partial charge in [0.15, 0.2) is 5.13 Å². The van der Waals surface area contributed by atoms with Crippen molar-refractivity contribution in [2.75, 3.05) is 16.2 Å². The first-order valence-corrected chi connectivity index (χ1v) is 11.8. The number of hydrogen-bond donors (Lipinski definition) is 2. The zero-order valence-electron chi connectivity index (χ0n) is 16.6. The van der Waals surface area contributed by atoms with Gasteiger partial charge in [0, 0.05) is 38.2 Å². The average molecular weight is 447 g/mol. The predicted molar refractivity (Wildman–Crippen MR) is 122 cm³/mol. The monoisotopic (exact) mass is 446 g/mol. The summed E-state index contributed by atoms with van der Waals surface area (Å²) >= 11 is 1.21. The molecule has 2 heterocycles. The maximum Gasteiger partial charge on any atom is 0.263 e. The van der Waals surface area contributed by atoms with Crippen LogP contribution in [0.5, 0.6) is 0 Å². The van der Waals surface area contributed by atoms with Crippen molar-refractivity contribution in [3.8, 4) is 0 Å². The molecule has 1 aliphatic heterocycles. The number of nitrogens with two attached hydrogens (primary N) is 1. The molecular weight excluding hydrogens is 420 g/mol. The van der Waals surface area contributed by atoms with E-state index in [-0.39, 0.29) is 12.2 Å². The lowest BCUT2D eigenvalue weighted by atomic mass is 10.1. The summed E-state index contributed by atoms with van der Waals surface area (Å²) in [7, 11) is -3.64. The summed E-state index contributed by atoms with van der Waals surface area (Å²) in [5, 5.41) is 2.02. The number of aryl methyl sites for hydroxylation is 1. The molecule has 3 N–H and O–H groups in total. The Hall–Kier alpha value is -2.75. The Morgan fingerprint density at radius 2 is 2.00 bits per heavy atom. The third-order valence-electron chi connectivity index (χ3n) is 4.50. The molecule has 0 bridgehead atoms. The van der Waals surface area contributed by atoms with Gasteiger partial charge in [-0.2, -0.15) is 0 Å². The number of benzene rings is 2. The molecule has 0 saturated carbocycles. The highest BCUT2D eigenvalue weighted by molar-refractivity contribution is 7.93. The van der Waals surface area contributed by atoms with E-state index < -0.39 is 10.0 Å². The van der Waals surface area contributed by atoms with Gasteiger partial charge in [0.25, 0.3) is 10.0 Å². The Labute approximate surface area is 182 Å². The van der Waals surface area contributed by atoms with Crippen molar-refractivity contribution in [3.05, 3.63) is 71.2 Å². The number of amides is 1. The largest absolute Gasteiger partial charge is 0.326 e. The number of nitrogens with one attached hydrogen (secondary N) is 1. The van der Waals surface area contributed by atoms with Crippen LogP contribution in [-0.4, -0.2) is 25.9 Å². The van der Waals surface area contributed by atoms with E-state index >= 15 is 0 Å². The molecule has 1 saturated heterocycles. The molecule has 1 amide bonds. The van der Waals surface area contributed by atoms with Gasteiger partial charge < -0.3 is 10.6 Å². The number of carbonyl (C=O) groups excluding carboxylic acids is 1. The van der Waals surface area contributed by atoms with Gasteiger partial charge in [-0.15, -0.1) is 11.3 Å². The van der Waals surface area contributed by atoms with Crippen LogP contribution in [0.25, 0.3) is 0 Å². The Balaban J connectivity index is 0.000000289. The topological polar surface area (TPSA) is 105 Å². The molecule has 0 unspecified atom stereocenters. The number of nitrogens with zero attached hydrogens (tertiary/aromatic N) is 2. The number of anilines is 2. The van der Waals surface area contributed by atoms with Crippen molar-refractivity contribution in [2.45, 2.75) is 31.2 Å². The molecule has 0 atom stereocenters. The summed E-state index contributed by atoms with van der Waals surface area (Å²) in [4.78, 5) is 17.4. The van der Waals surface area contributed by atoms with E-state index in [1.54, 1.807) is 22.4 Å². The standard InChI is InChI=1S/C13H13N3O3S2.C8H11N.H2/c17-12-2-1-8-16(12)10-3-5-11(6-4-10)21(18,19)15-13-14-7-9-20-13;1-7-3-2-4-8(5-7)6-9;/h3-7,9H,1-2,8H2,(H,14,15);2-5H,6,9H2,1H3;1H. The maximum atomic E-state index is 12.2. The summed E-state index contributed by atoms with van der Waals surface area (Å²) in [6.45, 7) is 3.39. The fourth-order valence-electron chi connectivity index (χ4n) is 3.01. The van der Waals surface area contributed by atoms with E-state index in [4.69, 9.17) is 5.73 Å². The summed E-state index contributed by atoms with van der Waals surface area (Å²) < 4.78 is 26.8. The van der Waals surface area contributed by atoms with Crippen LogP contribution in [0.4, 0.5) is 10.8 Å². The summed E-state index contributed by atoms with van der Waals surface area (Å²) in [5.41, 5.74) is 8.63. The quantitative estimate of drug-likeness (QED) is 0.621. The lowest BCUT2D eigenvalue weighted by molar-refractivity contribution is -0.117. The van der Waals surface area contributed by atoms with E-state index in [0.717, 1.165) is 12.1 Å². The minimum absolute atomic E-state index is 0. The van der Waals surface area contributed by atoms with E-state index in [1.165, 1.54) is 40.8 Å². The van der Waals surface area contributed by atoms with Gasteiger partial charge in [-0.1, -0.05) is 29.8 Å². The van der Waals surface area contributed by atoms with Gasteiger partial charge in [-0.3, -0.25) is 9.52 Å². The third kappa shape index (κ3) is 5.65. The highest BCUT2D eigenvalue weighted by atomic mass is 32.2. The highest BCUT2D eigenvalue weighted by Gasteiger charge is 2.22. The Morgan fingerprint density at radius 3 is 2.53 bits per heavy atom. The van der Waals surface area contributed by atoms with Crippen LogP contribution in [0.15, 0.2) is 65.0 Å². The second-order valence-corrected chi connectivity index (χ2v) is 9.36. The van der Waals surface area contributed by atoms with Crippen molar-refractivity contribution in [2.24, 2.45) is 5.73 Å². The summed E-state index contributed by atoms with van der Waals surface area (Å²) in [6, 6.07) is 14.5. The first-order valence-electron chi connectivity index (χ1n) is 9.47. The predicted octanol–water partition coefficient (Wildman–Crippen LogP) is 3.77. The van der Waals surface area contributed by atoms with E-state index in [2.05, 4.69) is 28.8 Å². The first-order chi connectivity index (χ1) is 14.4. The van der Waals surface area contributed by atoms with E-state index in [1.807, 2.05) is 12.1 Å². The average Bonchev–Trinajstić information content (AvgIpc) is 3.40. The first kappa shape index (κ1) is 21.9. The molecule has 3 aromatic rings. The number of hydrogen-bond acceptors (Lipinski definition) is 6. The van der Waals surface area contributed by atoms with E-state index in [9.17, 15) is 13.2 Å². The third-order valence-corrected chi connectivity index (χ3v) is 6.68. The molecule has 0 spiro atoms. The minimum Gasteiger partial charge on any atom is -0.326 e. The fourth-order valence-corrected chi connectivity index (χ4v) is 4.80. The number of sulfonamides is 1. The molecule has 1 aromatic heterocycles. The maximum absolute atomic E-state index is 12.2. The molecule has 4 rings (SSSR count). The molecule has 0 aliphatic carbocycles. The molecule has 0 radical (unpaired) electrons. The fraction of sp³-hybridized carbons (Fsp3) is 0.238. The Morgan fingerprint density at radius 1 is 1.23 bits per heavy atom. The second kappa shape index (κ2) is 9.84. The Kier molecular flexibility index (Phi) is 7.20. The van der Waals surface area contributed by atoms with Crippen LogP contribution >= 0.6 is 11.3 Å². The number of aromatic nitrogens is 1.